The minimum Gasteiger partial charge on any atom is -0.377 e. The van der Waals surface area contributed by atoms with E-state index in [4.69, 9.17) is 17.0 Å². The fourth-order valence-electron chi connectivity index (χ4n) is 1.44. The van der Waals surface area contributed by atoms with Crippen LogP contribution < -0.4 is 5.32 Å². The van der Waals surface area contributed by atoms with Gasteiger partial charge in [0.25, 0.3) is 0 Å². The van der Waals surface area contributed by atoms with E-state index in [0.717, 1.165) is 37.8 Å². The summed E-state index contributed by atoms with van der Waals surface area (Å²) in [5.41, 5.74) is 0. The molecule has 0 aromatic carbocycles. The standard InChI is InChI=1S/C9H18N2OS/c1-3-10-9(13)11-5-4-6-12-8(2)7-11/h8H,3-7H2,1-2H3,(H,10,13). The highest BCUT2D eigenvalue weighted by molar-refractivity contribution is 7.80. The largest absolute Gasteiger partial charge is 0.377 e. The van der Waals surface area contributed by atoms with Crippen LogP contribution in [0.4, 0.5) is 0 Å². The van der Waals surface area contributed by atoms with E-state index >= 15 is 0 Å². The maximum atomic E-state index is 5.53. The molecule has 1 rings (SSSR count). The second kappa shape index (κ2) is 5.40. The third-order valence-electron chi connectivity index (χ3n) is 2.07. The minimum atomic E-state index is 0.291. The zero-order chi connectivity index (χ0) is 9.68. The van der Waals surface area contributed by atoms with Crippen molar-refractivity contribution in [3.8, 4) is 0 Å². The molecule has 0 aromatic rings. The third-order valence-corrected chi connectivity index (χ3v) is 2.47. The molecule has 1 fully saturated rings. The number of thiocarbonyl (C=S) groups is 1. The summed E-state index contributed by atoms with van der Waals surface area (Å²) in [6.45, 7) is 7.82. The first-order valence-electron chi connectivity index (χ1n) is 4.88. The molecule has 76 valence electrons. The molecule has 0 aromatic heterocycles. The van der Waals surface area contributed by atoms with Crippen LogP contribution in [0.3, 0.4) is 0 Å². The van der Waals surface area contributed by atoms with E-state index in [1.807, 2.05) is 0 Å². The van der Waals surface area contributed by atoms with Gasteiger partial charge in [0, 0.05) is 26.2 Å². The quantitative estimate of drug-likeness (QED) is 0.641. The zero-order valence-electron chi connectivity index (χ0n) is 8.38. The van der Waals surface area contributed by atoms with Gasteiger partial charge in [-0.25, -0.2) is 0 Å². The molecule has 4 heteroatoms. The second-order valence-electron chi connectivity index (χ2n) is 3.32. The average Bonchev–Trinajstić information content (AvgIpc) is 2.30. The molecule has 0 radical (unpaired) electrons. The van der Waals surface area contributed by atoms with Crippen molar-refractivity contribution in [1.29, 1.82) is 0 Å². The van der Waals surface area contributed by atoms with Gasteiger partial charge in [-0.1, -0.05) is 0 Å². The highest BCUT2D eigenvalue weighted by Gasteiger charge is 2.16. The maximum absolute atomic E-state index is 5.53. The van der Waals surface area contributed by atoms with Gasteiger partial charge in [0.2, 0.25) is 0 Å². The Morgan fingerprint density at radius 1 is 1.69 bits per heavy atom. The van der Waals surface area contributed by atoms with Crippen LogP contribution in [0.5, 0.6) is 0 Å². The number of rotatable bonds is 1. The van der Waals surface area contributed by atoms with Crippen LogP contribution in [0.25, 0.3) is 0 Å². The molecular weight excluding hydrogens is 184 g/mol. The average molecular weight is 202 g/mol. The third kappa shape index (κ3) is 3.48. The van der Waals surface area contributed by atoms with Crippen molar-refractivity contribution in [1.82, 2.24) is 10.2 Å². The Morgan fingerprint density at radius 3 is 3.15 bits per heavy atom. The number of hydrogen-bond acceptors (Lipinski definition) is 2. The lowest BCUT2D eigenvalue weighted by Gasteiger charge is -2.24. The van der Waals surface area contributed by atoms with Crippen LogP contribution in [-0.2, 0) is 4.74 Å². The Hall–Kier alpha value is -0.350. The normalized spacial score (nSPS) is 23.8. The Morgan fingerprint density at radius 2 is 2.46 bits per heavy atom. The van der Waals surface area contributed by atoms with Gasteiger partial charge in [-0.2, -0.15) is 0 Å². The first-order chi connectivity index (χ1) is 6.24. The molecule has 1 saturated heterocycles. The van der Waals surface area contributed by atoms with Gasteiger partial charge in [-0.3, -0.25) is 0 Å². The molecule has 3 nitrogen and oxygen atoms in total. The maximum Gasteiger partial charge on any atom is 0.169 e. The lowest BCUT2D eigenvalue weighted by atomic mass is 10.3. The summed E-state index contributed by atoms with van der Waals surface area (Å²) < 4.78 is 5.53. The van der Waals surface area contributed by atoms with Gasteiger partial charge < -0.3 is 15.0 Å². The summed E-state index contributed by atoms with van der Waals surface area (Å²) in [4.78, 5) is 2.19. The van der Waals surface area contributed by atoms with E-state index in [2.05, 4.69) is 24.1 Å². The van der Waals surface area contributed by atoms with Crippen molar-refractivity contribution < 1.29 is 4.74 Å². The van der Waals surface area contributed by atoms with Crippen molar-refractivity contribution in [2.45, 2.75) is 26.4 Å². The van der Waals surface area contributed by atoms with Gasteiger partial charge in [-0.15, -0.1) is 0 Å². The highest BCUT2D eigenvalue weighted by Crippen LogP contribution is 2.05. The van der Waals surface area contributed by atoms with E-state index in [1.165, 1.54) is 0 Å². The summed E-state index contributed by atoms with van der Waals surface area (Å²) in [6, 6.07) is 0. The van der Waals surface area contributed by atoms with Crippen molar-refractivity contribution >= 4 is 17.3 Å². The van der Waals surface area contributed by atoms with Crippen molar-refractivity contribution in [3.05, 3.63) is 0 Å². The number of hydrogen-bond donors (Lipinski definition) is 1. The van der Waals surface area contributed by atoms with Crippen molar-refractivity contribution in [2.24, 2.45) is 0 Å². The topological polar surface area (TPSA) is 24.5 Å². The molecular formula is C9H18N2OS. The Labute approximate surface area is 85.4 Å². The summed E-state index contributed by atoms with van der Waals surface area (Å²) in [6.07, 6.45) is 1.36. The van der Waals surface area contributed by atoms with Crippen LogP contribution in [0, 0.1) is 0 Å². The lowest BCUT2D eigenvalue weighted by molar-refractivity contribution is 0.0743. The summed E-state index contributed by atoms with van der Waals surface area (Å²) >= 11 is 5.25. The van der Waals surface area contributed by atoms with E-state index in [0.29, 0.717) is 6.10 Å². The summed E-state index contributed by atoms with van der Waals surface area (Å²) in [5.74, 6) is 0. The molecule has 1 aliphatic rings. The summed E-state index contributed by atoms with van der Waals surface area (Å²) in [5, 5.41) is 4.03. The predicted octanol–water partition coefficient (Wildman–Crippen LogP) is 0.992. The molecule has 0 aliphatic carbocycles. The molecule has 0 amide bonds. The molecule has 1 atom stereocenters. The second-order valence-corrected chi connectivity index (χ2v) is 3.70. The van der Waals surface area contributed by atoms with Crippen LogP contribution >= 0.6 is 12.2 Å². The Bertz CT molecular complexity index is 175. The molecule has 1 heterocycles. The van der Waals surface area contributed by atoms with E-state index in [9.17, 15) is 0 Å². The minimum absolute atomic E-state index is 0.291. The van der Waals surface area contributed by atoms with Crippen LogP contribution in [0.1, 0.15) is 20.3 Å². The van der Waals surface area contributed by atoms with Crippen molar-refractivity contribution in [3.63, 3.8) is 0 Å². The molecule has 13 heavy (non-hydrogen) atoms. The van der Waals surface area contributed by atoms with Gasteiger partial charge in [0.15, 0.2) is 5.11 Å². The van der Waals surface area contributed by atoms with E-state index in [-0.39, 0.29) is 0 Å². The molecule has 1 unspecified atom stereocenters. The smallest absolute Gasteiger partial charge is 0.169 e. The Balaban J connectivity index is 2.42. The van der Waals surface area contributed by atoms with Crippen LogP contribution in [0.15, 0.2) is 0 Å². The van der Waals surface area contributed by atoms with Crippen molar-refractivity contribution in [2.75, 3.05) is 26.2 Å². The fourth-order valence-corrected chi connectivity index (χ4v) is 1.75. The molecule has 1 N–H and O–H groups in total. The number of nitrogens with zero attached hydrogens (tertiary/aromatic N) is 1. The van der Waals surface area contributed by atoms with Gasteiger partial charge >= 0.3 is 0 Å². The van der Waals surface area contributed by atoms with Gasteiger partial charge in [-0.05, 0) is 32.5 Å². The zero-order valence-corrected chi connectivity index (χ0v) is 9.19. The van der Waals surface area contributed by atoms with E-state index < -0.39 is 0 Å². The predicted molar refractivity (Wildman–Crippen MR) is 57.9 cm³/mol. The van der Waals surface area contributed by atoms with Gasteiger partial charge in [0.05, 0.1) is 6.10 Å². The fraction of sp³-hybridized carbons (Fsp3) is 0.889. The van der Waals surface area contributed by atoms with E-state index in [1.54, 1.807) is 0 Å². The first-order valence-corrected chi connectivity index (χ1v) is 5.29. The molecule has 0 saturated carbocycles. The monoisotopic (exact) mass is 202 g/mol. The number of ether oxygens (including phenoxy) is 1. The SMILES string of the molecule is CCNC(=S)N1CCCOC(C)C1. The van der Waals surface area contributed by atoms with Gasteiger partial charge in [0.1, 0.15) is 0 Å². The molecule has 1 aliphatic heterocycles. The highest BCUT2D eigenvalue weighted by atomic mass is 32.1. The lowest BCUT2D eigenvalue weighted by Crippen LogP contribution is -2.42. The van der Waals surface area contributed by atoms with Crippen LogP contribution in [0.2, 0.25) is 0 Å². The first kappa shape index (κ1) is 10.7. The summed E-state index contributed by atoms with van der Waals surface area (Å²) in [7, 11) is 0. The van der Waals surface area contributed by atoms with Crippen LogP contribution in [-0.4, -0.2) is 42.4 Å². The number of nitrogens with one attached hydrogen (secondary N) is 1. The Kier molecular flexibility index (Phi) is 4.45. The molecule has 0 bridgehead atoms. The molecule has 0 spiro atoms.